The molecule has 1 rings (SSSR count). The van der Waals surface area contributed by atoms with Crippen LogP contribution in [-0.4, -0.2) is 24.3 Å². The molecular weight excluding hydrogens is 251 g/mol. The van der Waals surface area contributed by atoms with Crippen molar-refractivity contribution in [3.63, 3.8) is 0 Å². The van der Waals surface area contributed by atoms with Crippen LogP contribution in [0.15, 0.2) is 23.3 Å². The van der Waals surface area contributed by atoms with Crippen LogP contribution >= 0.6 is 23.2 Å². The van der Waals surface area contributed by atoms with Gasteiger partial charge in [-0.05, 0) is 12.1 Å². The molecule has 0 radical (unpaired) electrons. The normalized spacial score (nSPS) is 10.4. The van der Waals surface area contributed by atoms with Crippen LogP contribution in [0, 0.1) is 0 Å². The van der Waals surface area contributed by atoms with E-state index in [4.69, 9.17) is 28.9 Å². The Morgan fingerprint density at radius 2 is 2.06 bits per heavy atom. The fourth-order valence-corrected chi connectivity index (χ4v) is 1.32. The molecule has 0 unspecified atom stereocenters. The number of urea groups is 1. The second kappa shape index (κ2) is 5.58. The number of primary amides is 1. The van der Waals surface area contributed by atoms with E-state index in [1.807, 2.05) is 0 Å². The first-order valence-electron chi connectivity index (χ1n) is 4.28. The lowest BCUT2D eigenvalue weighted by Crippen LogP contribution is -2.30. The van der Waals surface area contributed by atoms with Gasteiger partial charge in [-0.3, -0.25) is 10.3 Å². The van der Waals surface area contributed by atoms with Gasteiger partial charge in [0, 0.05) is 7.05 Å². The third-order valence-corrected chi connectivity index (χ3v) is 2.35. The first-order valence-corrected chi connectivity index (χ1v) is 5.03. The van der Waals surface area contributed by atoms with Gasteiger partial charge in [-0.15, -0.1) is 0 Å². The van der Waals surface area contributed by atoms with Crippen LogP contribution in [0.25, 0.3) is 0 Å². The minimum absolute atomic E-state index is 0.436. The summed E-state index contributed by atoms with van der Waals surface area (Å²) in [5, 5.41) is 4.64. The number of hydrogen-bond donors (Lipinski definition) is 2. The maximum atomic E-state index is 10.7. The van der Waals surface area contributed by atoms with Gasteiger partial charge in [0.05, 0.1) is 15.7 Å². The molecule has 1 aromatic carbocycles. The van der Waals surface area contributed by atoms with Crippen LogP contribution in [0.2, 0.25) is 10.0 Å². The van der Waals surface area contributed by atoms with E-state index in [1.165, 1.54) is 13.4 Å². The lowest BCUT2D eigenvalue weighted by atomic mass is 10.3. The van der Waals surface area contributed by atoms with Gasteiger partial charge >= 0.3 is 6.03 Å². The van der Waals surface area contributed by atoms with Crippen molar-refractivity contribution >= 4 is 41.3 Å². The Balaban J connectivity index is 2.71. The van der Waals surface area contributed by atoms with Gasteiger partial charge in [0.2, 0.25) is 0 Å². The maximum absolute atomic E-state index is 10.7. The van der Waals surface area contributed by atoms with Crippen molar-refractivity contribution in [2.75, 3.05) is 12.5 Å². The minimum atomic E-state index is -0.615. The van der Waals surface area contributed by atoms with E-state index in [1.54, 1.807) is 18.2 Å². The molecule has 0 spiro atoms. The molecule has 86 valence electrons. The molecule has 5 nitrogen and oxygen atoms in total. The first-order chi connectivity index (χ1) is 7.52. The number of para-hydroxylation sites is 1. The molecule has 0 heterocycles. The number of halogens is 2. The molecule has 3 N–H and O–H groups in total. The van der Waals surface area contributed by atoms with Crippen molar-refractivity contribution in [3.05, 3.63) is 28.2 Å². The summed E-state index contributed by atoms with van der Waals surface area (Å²) >= 11 is 11.8. The number of nitrogens with zero attached hydrogens (tertiary/aromatic N) is 2. The fraction of sp³-hybridized carbons (Fsp3) is 0.111. The van der Waals surface area contributed by atoms with Crippen molar-refractivity contribution in [3.8, 4) is 0 Å². The van der Waals surface area contributed by atoms with E-state index < -0.39 is 6.03 Å². The quantitative estimate of drug-likeness (QED) is 0.498. The van der Waals surface area contributed by atoms with Gasteiger partial charge in [0.15, 0.2) is 0 Å². The van der Waals surface area contributed by atoms with E-state index in [0.29, 0.717) is 15.7 Å². The highest BCUT2D eigenvalue weighted by atomic mass is 35.5. The molecule has 2 amide bonds. The van der Waals surface area contributed by atoms with E-state index >= 15 is 0 Å². The second-order valence-electron chi connectivity index (χ2n) is 2.90. The largest absolute Gasteiger partial charge is 0.351 e. The zero-order chi connectivity index (χ0) is 12.1. The van der Waals surface area contributed by atoms with Crippen molar-refractivity contribution in [2.24, 2.45) is 10.8 Å². The molecule has 1 aromatic rings. The van der Waals surface area contributed by atoms with E-state index in [2.05, 4.69) is 10.5 Å². The number of nitrogens with two attached hydrogens (primary N) is 1. The Labute approximate surface area is 103 Å². The van der Waals surface area contributed by atoms with Crippen LogP contribution in [0.5, 0.6) is 0 Å². The van der Waals surface area contributed by atoms with Gasteiger partial charge < -0.3 is 5.73 Å². The number of hydrazone groups is 1. The summed E-state index contributed by atoms with van der Waals surface area (Å²) in [7, 11) is 1.47. The second-order valence-corrected chi connectivity index (χ2v) is 3.72. The molecule has 0 aromatic heterocycles. The Bertz CT molecular complexity index is 402. The van der Waals surface area contributed by atoms with Crippen LogP contribution in [0.4, 0.5) is 10.5 Å². The Kier molecular flexibility index (Phi) is 4.39. The fourth-order valence-electron chi connectivity index (χ4n) is 0.842. The van der Waals surface area contributed by atoms with Gasteiger partial charge in [0.1, 0.15) is 6.34 Å². The van der Waals surface area contributed by atoms with Gasteiger partial charge in [0.25, 0.3) is 0 Å². The predicted octanol–water partition coefficient (Wildman–Crippen LogP) is 2.36. The van der Waals surface area contributed by atoms with E-state index in [9.17, 15) is 4.79 Å². The zero-order valence-corrected chi connectivity index (χ0v) is 9.96. The number of rotatable bonds is 3. The van der Waals surface area contributed by atoms with E-state index in [-0.39, 0.29) is 0 Å². The SMILES string of the molecule is CN(C=NNc1c(Cl)cccc1Cl)C(N)=O. The zero-order valence-electron chi connectivity index (χ0n) is 8.45. The predicted molar refractivity (Wildman–Crippen MR) is 65.9 cm³/mol. The molecular formula is C9H10Cl2N4O. The molecule has 0 saturated carbocycles. The average Bonchev–Trinajstić information content (AvgIpc) is 2.22. The third kappa shape index (κ3) is 3.29. The Morgan fingerprint density at radius 3 is 2.56 bits per heavy atom. The minimum Gasteiger partial charge on any atom is -0.351 e. The monoisotopic (exact) mass is 260 g/mol. The molecule has 0 fully saturated rings. The van der Waals surface area contributed by atoms with Gasteiger partial charge in [-0.1, -0.05) is 29.3 Å². The summed E-state index contributed by atoms with van der Waals surface area (Å²) in [5.74, 6) is 0. The maximum Gasteiger partial charge on any atom is 0.319 e. The van der Waals surface area contributed by atoms with Crippen molar-refractivity contribution in [2.45, 2.75) is 0 Å². The molecule has 0 aliphatic heterocycles. The van der Waals surface area contributed by atoms with Crippen molar-refractivity contribution in [1.29, 1.82) is 0 Å². The highest BCUT2D eigenvalue weighted by molar-refractivity contribution is 6.39. The number of carbonyl (C=O) groups excluding carboxylic acids is 1. The van der Waals surface area contributed by atoms with Crippen LogP contribution in [0.3, 0.4) is 0 Å². The number of hydrogen-bond acceptors (Lipinski definition) is 3. The number of amides is 2. The standard InChI is InChI=1S/C9H10Cl2N4O/c1-15(9(12)16)5-13-14-8-6(10)3-2-4-7(8)11/h2-5,14H,1H3,(H2,12,16). The molecule has 0 aliphatic carbocycles. The van der Waals surface area contributed by atoms with Gasteiger partial charge in [-0.2, -0.15) is 5.10 Å². The number of carbonyl (C=O) groups is 1. The summed E-state index contributed by atoms with van der Waals surface area (Å²) in [5.41, 5.74) is 8.09. The Hall–Kier alpha value is -1.46. The number of nitrogens with one attached hydrogen (secondary N) is 1. The summed E-state index contributed by atoms with van der Waals surface area (Å²) in [6.07, 6.45) is 1.22. The Morgan fingerprint density at radius 1 is 1.50 bits per heavy atom. The summed E-state index contributed by atoms with van der Waals surface area (Å²) in [4.78, 5) is 11.8. The lowest BCUT2D eigenvalue weighted by molar-refractivity contribution is 0.236. The highest BCUT2D eigenvalue weighted by Crippen LogP contribution is 2.29. The average molecular weight is 261 g/mol. The molecule has 0 saturated heterocycles. The number of anilines is 1. The number of benzene rings is 1. The van der Waals surface area contributed by atoms with E-state index in [0.717, 1.165) is 4.90 Å². The lowest BCUT2D eigenvalue weighted by Gasteiger charge is -2.08. The van der Waals surface area contributed by atoms with Crippen LogP contribution in [0.1, 0.15) is 0 Å². The molecule has 16 heavy (non-hydrogen) atoms. The summed E-state index contributed by atoms with van der Waals surface area (Å²) in [6, 6.07) is 4.44. The molecule has 7 heteroatoms. The van der Waals surface area contributed by atoms with Crippen LogP contribution in [-0.2, 0) is 0 Å². The molecule has 0 atom stereocenters. The summed E-state index contributed by atoms with van der Waals surface area (Å²) in [6.45, 7) is 0. The van der Waals surface area contributed by atoms with Gasteiger partial charge in [-0.25, -0.2) is 4.79 Å². The smallest absolute Gasteiger partial charge is 0.319 e. The van der Waals surface area contributed by atoms with Crippen molar-refractivity contribution in [1.82, 2.24) is 4.90 Å². The molecule has 0 bridgehead atoms. The molecule has 0 aliphatic rings. The first kappa shape index (κ1) is 12.6. The third-order valence-electron chi connectivity index (χ3n) is 1.72. The summed E-state index contributed by atoms with van der Waals surface area (Å²) < 4.78 is 0. The van der Waals surface area contributed by atoms with Crippen molar-refractivity contribution < 1.29 is 4.79 Å². The highest BCUT2D eigenvalue weighted by Gasteiger charge is 2.03. The van der Waals surface area contributed by atoms with Crippen LogP contribution < -0.4 is 11.2 Å². The topological polar surface area (TPSA) is 70.7 Å².